The summed E-state index contributed by atoms with van der Waals surface area (Å²) in [6, 6.07) is 28.8. The first-order chi connectivity index (χ1) is 19.6. The molecule has 0 bridgehead atoms. The van der Waals surface area contributed by atoms with E-state index >= 15 is 0 Å². The highest BCUT2D eigenvalue weighted by molar-refractivity contribution is 5.99. The van der Waals surface area contributed by atoms with E-state index in [9.17, 15) is 9.59 Å². The number of para-hydroxylation sites is 2. The number of esters is 2. The highest BCUT2D eigenvalue weighted by Gasteiger charge is 2.32. The van der Waals surface area contributed by atoms with E-state index < -0.39 is 18.0 Å². The van der Waals surface area contributed by atoms with Gasteiger partial charge in [0.2, 0.25) is 0 Å². The number of nitrogens with one attached hydrogen (secondary N) is 1. The fourth-order valence-electron chi connectivity index (χ4n) is 4.53. The summed E-state index contributed by atoms with van der Waals surface area (Å²) in [4.78, 5) is 25.9. The standard InChI is InChI=1S/C31H25N5O4/c1-2-39-30(37)24-19-32-36(23-16-10-5-11-17-23)29(24)33-26-18-27(40-31(26)38)25-20-35(22-14-8-4-9-15-22)34-28(25)21-12-6-3-7-13-21/h3-20,27,33H,2H2,1H3. The molecule has 9 heteroatoms. The Morgan fingerprint density at radius 2 is 1.60 bits per heavy atom. The second kappa shape index (κ2) is 10.7. The summed E-state index contributed by atoms with van der Waals surface area (Å²) in [7, 11) is 0. The van der Waals surface area contributed by atoms with Gasteiger partial charge in [0.15, 0.2) is 6.10 Å². The Morgan fingerprint density at radius 3 is 2.27 bits per heavy atom. The van der Waals surface area contributed by atoms with Crippen LogP contribution in [0, 0.1) is 0 Å². The molecule has 0 saturated heterocycles. The molecule has 3 heterocycles. The Bertz CT molecular complexity index is 1690. The van der Waals surface area contributed by atoms with Crippen LogP contribution in [0.1, 0.15) is 28.9 Å². The maximum atomic E-state index is 13.1. The molecule has 0 radical (unpaired) electrons. The van der Waals surface area contributed by atoms with Crippen LogP contribution >= 0.6 is 0 Å². The molecule has 0 amide bonds. The van der Waals surface area contributed by atoms with Crippen LogP contribution in [0.15, 0.2) is 115 Å². The number of hydrogen-bond donors (Lipinski definition) is 1. The summed E-state index contributed by atoms with van der Waals surface area (Å²) in [5.74, 6) is -0.810. The quantitative estimate of drug-likeness (QED) is 0.264. The average Bonchev–Trinajstić information content (AvgIpc) is 3.72. The van der Waals surface area contributed by atoms with Gasteiger partial charge in [-0.15, -0.1) is 0 Å². The van der Waals surface area contributed by atoms with Crippen molar-refractivity contribution in [1.82, 2.24) is 19.6 Å². The van der Waals surface area contributed by atoms with E-state index in [2.05, 4.69) is 10.4 Å². The van der Waals surface area contributed by atoms with E-state index in [-0.39, 0.29) is 17.9 Å². The van der Waals surface area contributed by atoms with Crippen LogP contribution in [0.2, 0.25) is 0 Å². The molecule has 0 aliphatic carbocycles. The van der Waals surface area contributed by atoms with Crippen molar-refractivity contribution in [3.05, 3.63) is 126 Å². The Labute approximate surface area is 230 Å². The number of cyclic esters (lactones) is 1. The molecule has 2 aromatic heterocycles. The zero-order valence-electron chi connectivity index (χ0n) is 21.6. The molecule has 1 unspecified atom stereocenters. The Morgan fingerprint density at radius 1 is 0.950 bits per heavy atom. The maximum Gasteiger partial charge on any atom is 0.355 e. The highest BCUT2D eigenvalue weighted by Crippen LogP contribution is 2.36. The minimum atomic E-state index is -0.707. The molecule has 40 heavy (non-hydrogen) atoms. The number of carbonyl (C=O) groups is 2. The van der Waals surface area contributed by atoms with Crippen LogP contribution in [0.4, 0.5) is 5.82 Å². The first-order valence-electron chi connectivity index (χ1n) is 12.8. The number of nitrogens with zero attached hydrogens (tertiary/aromatic N) is 4. The van der Waals surface area contributed by atoms with Crippen LogP contribution in [-0.2, 0) is 14.3 Å². The van der Waals surface area contributed by atoms with E-state index in [4.69, 9.17) is 14.6 Å². The molecule has 0 spiro atoms. The lowest BCUT2D eigenvalue weighted by molar-refractivity contribution is -0.139. The number of hydrogen-bond acceptors (Lipinski definition) is 7. The van der Waals surface area contributed by atoms with Gasteiger partial charge in [0, 0.05) is 17.3 Å². The lowest BCUT2D eigenvalue weighted by Crippen LogP contribution is -2.15. The fourth-order valence-corrected chi connectivity index (χ4v) is 4.53. The second-order valence-electron chi connectivity index (χ2n) is 8.99. The van der Waals surface area contributed by atoms with Crippen LogP contribution in [0.5, 0.6) is 0 Å². The Hall–Kier alpha value is -5.44. The third-order valence-corrected chi connectivity index (χ3v) is 6.41. The van der Waals surface area contributed by atoms with E-state index in [0.717, 1.165) is 16.8 Å². The molecule has 6 rings (SSSR count). The summed E-state index contributed by atoms with van der Waals surface area (Å²) < 4.78 is 14.4. The molecule has 1 aliphatic heterocycles. The van der Waals surface area contributed by atoms with Crippen LogP contribution in [0.3, 0.4) is 0 Å². The zero-order valence-corrected chi connectivity index (χ0v) is 21.6. The summed E-state index contributed by atoms with van der Waals surface area (Å²) in [6.07, 6.45) is 4.27. The number of benzene rings is 3. The zero-order chi connectivity index (χ0) is 27.5. The number of ether oxygens (including phenoxy) is 2. The topological polar surface area (TPSA) is 100 Å². The molecule has 0 saturated carbocycles. The smallest absolute Gasteiger partial charge is 0.355 e. The maximum absolute atomic E-state index is 13.1. The van der Waals surface area contributed by atoms with Crippen LogP contribution in [-0.4, -0.2) is 38.1 Å². The Kier molecular flexibility index (Phi) is 6.68. The van der Waals surface area contributed by atoms with Gasteiger partial charge in [0.1, 0.15) is 17.1 Å². The van der Waals surface area contributed by atoms with Crippen LogP contribution in [0.25, 0.3) is 22.6 Å². The van der Waals surface area contributed by atoms with E-state index in [1.165, 1.54) is 6.20 Å². The van der Waals surface area contributed by atoms with E-state index in [1.54, 1.807) is 22.4 Å². The van der Waals surface area contributed by atoms with Gasteiger partial charge in [-0.25, -0.2) is 19.0 Å². The van der Waals surface area contributed by atoms with Crippen molar-refractivity contribution >= 4 is 17.8 Å². The number of rotatable bonds is 8. The molecule has 1 aliphatic rings. The molecular formula is C31H25N5O4. The molecule has 1 N–H and O–H groups in total. The fraction of sp³-hybridized carbons (Fsp3) is 0.0968. The van der Waals surface area contributed by atoms with Gasteiger partial charge in [-0.2, -0.15) is 10.2 Å². The molecule has 5 aromatic rings. The van der Waals surface area contributed by atoms with Crippen molar-refractivity contribution < 1.29 is 19.1 Å². The molecular weight excluding hydrogens is 506 g/mol. The van der Waals surface area contributed by atoms with Crippen molar-refractivity contribution in [1.29, 1.82) is 0 Å². The predicted molar refractivity (Wildman–Crippen MR) is 149 cm³/mol. The minimum Gasteiger partial charge on any atom is -0.462 e. The van der Waals surface area contributed by atoms with Crippen molar-refractivity contribution in [2.75, 3.05) is 11.9 Å². The van der Waals surface area contributed by atoms with E-state index in [1.807, 2.05) is 97.2 Å². The molecule has 0 fully saturated rings. The first-order valence-corrected chi connectivity index (χ1v) is 12.8. The Balaban J connectivity index is 1.40. The second-order valence-corrected chi connectivity index (χ2v) is 8.99. The van der Waals surface area contributed by atoms with Gasteiger partial charge >= 0.3 is 11.9 Å². The highest BCUT2D eigenvalue weighted by atomic mass is 16.5. The van der Waals surface area contributed by atoms with Crippen molar-refractivity contribution in [2.45, 2.75) is 13.0 Å². The largest absolute Gasteiger partial charge is 0.462 e. The summed E-state index contributed by atoms with van der Waals surface area (Å²) >= 11 is 0. The first kappa shape index (κ1) is 24.9. The molecule has 3 aromatic carbocycles. The van der Waals surface area contributed by atoms with Gasteiger partial charge in [-0.05, 0) is 37.3 Å². The lowest BCUT2D eigenvalue weighted by atomic mass is 10.0. The van der Waals surface area contributed by atoms with Crippen molar-refractivity contribution in [3.63, 3.8) is 0 Å². The third-order valence-electron chi connectivity index (χ3n) is 6.41. The third kappa shape index (κ3) is 4.76. The van der Waals surface area contributed by atoms with Gasteiger partial charge in [-0.3, -0.25) is 0 Å². The lowest BCUT2D eigenvalue weighted by Gasteiger charge is -2.11. The summed E-state index contributed by atoms with van der Waals surface area (Å²) in [6.45, 7) is 1.93. The number of anilines is 1. The summed E-state index contributed by atoms with van der Waals surface area (Å²) in [5, 5.41) is 12.3. The monoisotopic (exact) mass is 531 g/mol. The predicted octanol–water partition coefficient (Wildman–Crippen LogP) is 5.50. The SMILES string of the molecule is CCOC(=O)c1cnn(-c2ccccc2)c1NC1=CC(c2cn(-c3ccccc3)nc2-c2ccccc2)OC1=O. The van der Waals surface area contributed by atoms with E-state index in [0.29, 0.717) is 17.2 Å². The number of aromatic nitrogens is 4. The number of carbonyl (C=O) groups excluding carboxylic acids is 2. The van der Waals surface area contributed by atoms with Crippen molar-refractivity contribution in [2.24, 2.45) is 0 Å². The van der Waals surface area contributed by atoms with Gasteiger partial charge in [0.25, 0.3) is 0 Å². The minimum absolute atomic E-state index is 0.180. The average molecular weight is 532 g/mol. The molecule has 198 valence electrons. The molecule has 9 nitrogen and oxygen atoms in total. The summed E-state index contributed by atoms with van der Waals surface area (Å²) in [5.41, 5.74) is 4.28. The van der Waals surface area contributed by atoms with Crippen molar-refractivity contribution in [3.8, 4) is 22.6 Å². The van der Waals surface area contributed by atoms with Crippen LogP contribution < -0.4 is 5.32 Å². The van der Waals surface area contributed by atoms with Gasteiger partial charge < -0.3 is 14.8 Å². The molecule has 1 atom stereocenters. The van der Waals surface area contributed by atoms with Gasteiger partial charge in [-0.1, -0.05) is 66.7 Å². The van der Waals surface area contributed by atoms with Gasteiger partial charge in [0.05, 0.1) is 29.9 Å². The normalized spacial score (nSPS) is 14.5.